The molecule has 3 nitrogen and oxygen atoms in total. The third-order valence-electron chi connectivity index (χ3n) is 0.519. The van der Waals surface area contributed by atoms with E-state index in [1.807, 2.05) is 0 Å². The standard InChI is InChI=1S/C3H5N3.BrH/c4-3-1-5-6-2-3;/h1-2H,4H2,(H,5,6);1H. The van der Waals surface area contributed by atoms with Crippen LogP contribution in [-0.4, -0.2) is 10.2 Å². The number of aromatic amines is 1. The molecule has 0 amide bonds. The summed E-state index contributed by atoms with van der Waals surface area (Å²) in [5.74, 6) is 0. The number of nitrogens with two attached hydrogens (primary N) is 1. The van der Waals surface area contributed by atoms with E-state index in [0.717, 1.165) is 0 Å². The van der Waals surface area contributed by atoms with Gasteiger partial charge in [0.05, 0.1) is 11.9 Å². The van der Waals surface area contributed by atoms with Crippen molar-refractivity contribution in [2.75, 3.05) is 5.73 Å². The number of nitrogens with one attached hydrogen (secondary N) is 1. The van der Waals surface area contributed by atoms with E-state index in [4.69, 9.17) is 5.73 Å². The molecule has 1 aromatic heterocycles. The molecule has 0 saturated heterocycles. The van der Waals surface area contributed by atoms with Gasteiger partial charge in [-0.25, -0.2) is 0 Å². The number of hydrogen-bond donors (Lipinski definition) is 2. The van der Waals surface area contributed by atoms with Crippen molar-refractivity contribution in [2.24, 2.45) is 0 Å². The molecule has 0 aromatic carbocycles. The van der Waals surface area contributed by atoms with Gasteiger partial charge in [0.15, 0.2) is 0 Å². The molecular formula is C3H6BrN3. The second-order valence-electron chi connectivity index (χ2n) is 1.03. The summed E-state index contributed by atoms with van der Waals surface area (Å²) in [6.07, 6.45) is 3.18. The summed E-state index contributed by atoms with van der Waals surface area (Å²) in [5.41, 5.74) is 5.86. The topological polar surface area (TPSA) is 54.7 Å². The molecular weight excluding hydrogens is 158 g/mol. The lowest BCUT2D eigenvalue weighted by atomic mass is 10.6. The second-order valence-corrected chi connectivity index (χ2v) is 1.03. The smallest absolute Gasteiger partial charge is 0.0717 e. The van der Waals surface area contributed by atoms with E-state index < -0.39 is 0 Å². The first-order valence-corrected chi connectivity index (χ1v) is 1.64. The zero-order chi connectivity index (χ0) is 4.41. The Labute approximate surface area is 51.7 Å². The molecule has 0 aliphatic rings. The molecule has 1 heterocycles. The van der Waals surface area contributed by atoms with Crippen LogP contribution in [0.2, 0.25) is 0 Å². The van der Waals surface area contributed by atoms with Gasteiger partial charge in [0.1, 0.15) is 0 Å². The van der Waals surface area contributed by atoms with Crippen molar-refractivity contribution in [3.05, 3.63) is 12.4 Å². The number of nitrogen functional groups attached to an aromatic ring is 1. The highest BCUT2D eigenvalue weighted by atomic mass is 79.9. The lowest BCUT2D eigenvalue weighted by Gasteiger charge is -1.66. The minimum atomic E-state index is 0. The fourth-order valence-electron chi connectivity index (χ4n) is 0.261. The fraction of sp³-hybridized carbons (Fsp3) is 0. The Morgan fingerprint density at radius 1 is 1.71 bits per heavy atom. The molecule has 40 valence electrons. The number of aromatic nitrogens is 2. The number of anilines is 1. The van der Waals surface area contributed by atoms with E-state index in [1.54, 1.807) is 12.4 Å². The zero-order valence-corrected chi connectivity index (χ0v) is 5.30. The maximum atomic E-state index is 5.18. The van der Waals surface area contributed by atoms with Gasteiger partial charge in [-0.05, 0) is 0 Å². The largest absolute Gasteiger partial charge is 0.396 e. The highest BCUT2D eigenvalue weighted by molar-refractivity contribution is 8.93. The number of halogens is 1. The molecule has 0 saturated carbocycles. The van der Waals surface area contributed by atoms with Crippen LogP contribution in [0.4, 0.5) is 5.69 Å². The number of rotatable bonds is 0. The monoisotopic (exact) mass is 163 g/mol. The summed E-state index contributed by atoms with van der Waals surface area (Å²) in [6.45, 7) is 0. The van der Waals surface area contributed by atoms with E-state index >= 15 is 0 Å². The SMILES string of the molecule is Br.Nc1cn[nH]c1. The van der Waals surface area contributed by atoms with Crippen molar-refractivity contribution in [1.29, 1.82) is 0 Å². The van der Waals surface area contributed by atoms with Gasteiger partial charge >= 0.3 is 0 Å². The Balaban J connectivity index is 0.000000360. The Bertz CT molecular complexity index is 114. The number of H-pyrrole nitrogens is 1. The van der Waals surface area contributed by atoms with Crippen molar-refractivity contribution < 1.29 is 0 Å². The summed E-state index contributed by atoms with van der Waals surface area (Å²) in [7, 11) is 0. The van der Waals surface area contributed by atoms with Crippen molar-refractivity contribution in [3.8, 4) is 0 Å². The molecule has 0 aliphatic heterocycles. The average Bonchev–Trinajstić information content (AvgIpc) is 1.86. The molecule has 0 radical (unpaired) electrons. The van der Waals surface area contributed by atoms with E-state index in [2.05, 4.69) is 10.2 Å². The summed E-state index contributed by atoms with van der Waals surface area (Å²) in [6, 6.07) is 0. The second kappa shape index (κ2) is 2.63. The lowest BCUT2D eigenvalue weighted by molar-refractivity contribution is 1.09. The highest BCUT2D eigenvalue weighted by Gasteiger charge is 1.74. The molecule has 4 heteroatoms. The maximum absolute atomic E-state index is 5.18. The predicted molar refractivity (Wildman–Crippen MR) is 33.3 cm³/mol. The van der Waals surface area contributed by atoms with Crippen LogP contribution in [0.1, 0.15) is 0 Å². The van der Waals surface area contributed by atoms with Crippen molar-refractivity contribution in [3.63, 3.8) is 0 Å². The minimum Gasteiger partial charge on any atom is -0.396 e. The van der Waals surface area contributed by atoms with E-state index in [-0.39, 0.29) is 17.0 Å². The molecule has 3 N–H and O–H groups in total. The summed E-state index contributed by atoms with van der Waals surface area (Å²) < 4.78 is 0. The average molecular weight is 164 g/mol. The minimum absolute atomic E-state index is 0. The molecule has 0 fully saturated rings. The zero-order valence-electron chi connectivity index (χ0n) is 3.59. The van der Waals surface area contributed by atoms with E-state index in [1.165, 1.54) is 0 Å². The van der Waals surface area contributed by atoms with Gasteiger partial charge in [0.2, 0.25) is 0 Å². The Hall–Kier alpha value is -0.510. The normalized spacial score (nSPS) is 7.43. The van der Waals surface area contributed by atoms with Gasteiger partial charge in [-0.2, -0.15) is 5.10 Å². The van der Waals surface area contributed by atoms with Gasteiger partial charge < -0.3 is 5.73 Å². The van der Waals surface area contributed by atoms with Gasteiger partial charge in [-0.1, -0.05) is 0 Å². The van der Waals surface area contributed by atoms with Crippen LogP contribution < -0.4 is 5.73 Å². The molecule has 0 bridgehead atoms. The Morgan fingerprint density at radius 2 is 2.43 bits per heavy atom. The molecule has 0 atom stereocenters. The van der Waals surface area contributed by atoms with Crippen LogP contribution in [0.3, 0.4) is 0 Å². The summed E-state index contributed by atoms with van der Waals surface area (Å²) >= 11 is 0. The number of nitrogens with zero attached hydrogens (tertiary/aromatic N) is 1. The van der Waals surface area contributed by atoms with Gasteiger partial charge in [-0.15, -0.1) is 17.0 Å². The van der Waals surface area contributed by atoms with Gasteiger partial charge in [-0.3, -0.25) is 5.10 Å². The first-order valence-electron chi connectivity index (χ1n) is 1.64. The highest BCUT2D eigenvalue weighted by Crippen LogP contribution is 1.88. The third kappa shape index (κ3) is 1.59. The van der Waals surface area contributed by atoms with Crippen LogP contribution in [-0.2, 0) is 0 Å². The molecule has 0 aliphatic carbocycles. The van der Waals surface area contributed by atoms with Crippen LogP contribution in [0.25, 0.3) is 0 Å². The number of hydrogen-bond acceptors (Lipinski definition) is 2. The first-order chi connectivity index (χ1) is 2.89. The molecule has 0 spiro atoms. The van der Waals surface area contributed by atoms with E-state index in [9.17, 15) is 0 Å². The maximum Gasteiger partial charge on any atom is 0.0717 e. The van der Waals surface area contributed by atoms with Gasteiger partial charge in [0.25, 0.3) is 0 Å². The summed E-state index contributed by atoms with van der Waals surface area (Å²) in [4.78, 5) is 0. The molecule has 1 aromatic rings. The Kier molecular flexibility index (Phi) is 2.44. The lowest BCUT2D eigenvalue weighted by Crippen LogP contribution is -1.75. The van der Waals surface area contributed by atoms with Crippen LogP contribution >= 0.6 is 17.0 Å². The van der Waals surface area contributed by atoms with Crippen LogP contribution in [0, 0.1) is 0 Å². The molecule has 0 unspecified atom stereocenters. The molecule has 1 rings (SSSR count). The molecule has 7 heavy (non-hydrogen) atoms. The Morgan fingerprint density at radius 3 is 2.57 bits per heavy atom. The van der Waals surface area contributed by atoms with Gasteiger partial charge in [0, 0.05) is 6.20 Å². The summed E-state index contributed by atoms with van der Waals surface area (Å²) in [5, 5.41) is 6.13. The quantitative estimate of drug-likeness (QED) is 0.588. The van der Waals surface area contributed by atoms with Crippen molar-refractivity contribution >= 4 is 22.7 Å². The van der Waals surface area contributed by atoms with Crippen LogP contribution in [0.5, 0.6) is 0 Å². The first kappa shape index (κ1) is 6.49. The van der Waals surface area contributed by atoms with Crippen LogP contribution in [0.15, 0.2) is 12.4 Å². The van der Waals surface area contributed by atoms with Crippen molar-refractivity contribution in [2.45, 2.75) is 0 Å². The third-order valence-corrected chi connectivity index (χ3v) is 0.519. The predicted octanol–water partition coefficient (Wildman–Crippen LogP) is 0.570. The van der Waals surface area contributed by atoms with E-state index in [0.29, 0.717) is 5.69 Å². The fourth-order valence-corrected chi connectivity index (χ4v) is 0.261. The van der Waals surface area contributed by atoms with Crippen molar-refractivity contribution in [1.82, 2.24) is 10.2 Å².